The number of hydrogen-bond acceptors (Lipinski definition) is 11. The third-order valence-corrected chi connectivity index (χ3v) is 6.71. The molecule has 1 aliphatic rings. The molecule has 11 nitrogen and oxygen atoms in total. The summed E-state index contributed by atoms with van der Waals surface area (Å²) in [7, 11) is 2.88. The number of ether oxygens (including phenoxy) is 4. The number of rotatable bonds is 12. The van der Waals surface area contributed by atoms with Crippen molar-refractivity contribution >= 4 is 0 Å². The summed E-state index contributed by atoms with van der Waals surface area (Å²) >= 11 is 0. The van der Waals surface area contributed by atoms with Gasteiger partial charge in [-0.15, -0.1) is 0 Å². The zero-order valence-electron chi connectivity index (χ0n) is 20.8. The predicted molar refractivity (Wildman–Crippen MR) is 131 cm³/mol. The zero-order chi connectivity index (χ0) is 27.1. The van der Waals surface area contributed by atoms with Crippen molar-refractivity contribution in [3.63, 3.8) is 0 Å². The Morgan fingerprint density at radius 3 is 1.81 bits per heavy atom. The Labute approximate surface area is 215 Å². The van der Waals surface area contributed by atoms with Crippen LogP contribution in [0.15, 0.2) is 36.4 Å². The van der Waals surface area contributed by atoms with E-state index in [-0.39, 0.29) is 42.3 Å². The Morgan fingerprint density at radius 1 is 0.784 bits per heavy atom. The molecule has 1 saturated heterocycles. The highest BCUT2D eigenvalue weighted by molar-refractivity contribution is 5.43. The lowest BCUT2D eigenvalue weighted by atomic mass is 9.83. The molecule has 1 aliphatic heterocycles. The first-order chi connectivity index (χ1) is 17.7. The van der Waals surface area contributed by atoms with Crippen LogP contribution in [0.25, 0.3) is 0 Å². The summed E-state index contributed by atoms with van der Waals surface area (Å²) in [6, 6.07) is 9.80. The van der Waals surface area contributed by atoms with E-state index in [1.165, 1.54) is 26.4 Å². The van der Waals surface area contributed by atoms with Crippen molar-refractivity contribution in [3.05, 3.63) is 47.5 Å². The molecule has 7 N–H and O–H groups in total. The molecule has 37 heavy (non-hydrogen) atoms. The maximum atomic E-state index is 10.4. The molecule has 7 unspecified atom stereocenters. The Morgan fingerprint density at radius 2 is 1.32 bits per heavy atom. The van der Waals surface area contributed by atoms with E-state index in [1.807, 2.05) is 0 Å². The summed E-state index contributed by atoms with van der Waals surface area (Å²) in [6.45, 7) is -0.822. The minimum absolute atomic E-state index is 0.00881. The summed E-state index contributed by atoms with van der Waals surface area (Å²) in [4.78, 5) is 0. The molecule has 0 radical (unpaired) electrons. The van der Waals surface area contributed by atoms with Gasteiger partial charge in [0, 0.05) is 6.61 Å². The molecule has 1 heterocycles. The normalized spacial score (nSPS) is 25.4. The van der Waals surface area contributed by atoms with E-state index in [0.717, 1.165) is 11.1 Å². The fourth-order valence-electron chi connectivity index (χ4n) is 4.47. The molecule has 206 valence electrons. The number of aliphatic hydroxyl groups excluding tert-OH is 5. The van der Waals surface area contributed by atoms with Crippen molar-refractivity contribution in [2.75, 3.05) is 34.0 Å². The first-order valence-electron chi connectivity index (χ1n) is 12.0. The van der Waals surface area contributed by atoms with Gasteiger partial charge in [-0.05, 0) is 60.1 Å². The fourth-order valence-corrected chi connectivity index (χ4v) is 4.47. The standard InChI is InChI=1S/C26H36O11/c1-34-20-9-14(3-5-18(20)29)7-16(11-27)17(8-15-4-6-19(30)21(10-15)35-2)13-36-26-25(33)24(32)23(31)22(12-28)37-26/h3-6,9-10,16-17,22-33H,7-8,11-13H2,1-2H3. The first kappa shape index (κ1) is 28.9. The van der Waals surface area contributed by atoms with Crippen molar-refractivity contribution in [2.24, 2.45) is 11.8 Å². The fraction of sp³-hybridized carbons (Fsp3) is 0.538. The molecule has 0 spiro atoms. The van der Waals surface area contributed by atoms with Crippen LogP contribution in [0.1, 0.15) is 11.1 Å². The number of phenols is 2. The second-order valence-corrected chi connectivity index (χ2v) is 9.15. The molecule has 3 rings (SSSR count). The summed E-state index contributed by atoms with van der Waals surface area (Å²) in [6.07, 6.45) is -6.29. The maximum Gasteiger partial charge on any atom is 0.186 e. The van der Waals surface area contributed by atoms with Gasteiger partial charge in [-0.25, -0.2) is 0 Å². The van der Waals surface area contributed by atoms with Crippen molar-refractivity contribution in [1.29, 1.82) is 0 Å². The molecule has 1 fully saturated rings. The molecule has 11 heteroatoms. The van der Waals surface area contributed by atoms with Crippen LogP contribution in [-0.2, 0) is 22.3 Å². The molecule has 2 aromatic carbocycles. The van der Waals surface area contributed by atoms with E-state index in [0.29, 0.717) is 18.6 Å². The van der Waals surface area contributed by atoms with Crippen LogP contribution >= 0.6 is 0 Å². The van der Waals surface area contributed by atoms with E-state index in [4.69, 9.17) is 18.9 Å². The second kappa shape index (κ2) is 13.2. The third-order valence-electron chi connectivity index (χ3n) is 6.71. The van der Waals surface area contributed by atoms with Gasteiger partial charge < -0.3 is 54.7 Å². The van der Waals surface area contributed by atoms with Gasteiger partial charge in [0.1, 0.15) is 24.4 Å². The lowest BCUT2D eigenvalue weighted by Gasteiger charge is -2.40. The molecule has 0 aromatic heterocycles. The van der Waals surface area contributed by atoms with Crippen molar-refractivity contribution in [1.82, 2.24) is 0 Å². The largest absolute Gasteiger partial charge is 0.504 e. The number of benzene rings is 2. The highest BCUT2D eigenvalue weighted by atomic mass is 16.7. The van der Waals surface area contributed by atoms with Crippen LogP contribution < -0.4 is 9.47 Å². The van der Waals surface area contributed by atoms with E-state index >= 15 is 0 Å². The third kappa shape index (κ3) is 7.02. The molecule has 2 aromatic rings. The quantitative estimate of drug-likeness (QED) is 0.198. The number of aliphatic hydroxyl groups is 5. The Balaban J connectivity index is 1.83. The summed E-state index contributed by atoms with van der Waals surface area (Å²) in [5, 5.41) is 70.1. The topological polar surface area (TPSA) is 179 Å². The van der Waals surface area contributed by atoms with Crippen molar-refractivity contribution in [3.8, 4) is 23.0 Å². The lowest BCUT2D eigenvalue weighted by Crippen LogP contribution is -2.59. The van der Waals surface area contributed by atoms with Gasteiger partial charge in [-0.3, -0.25) is 0 Å². The van der Waals surface area contributed by atoms with E-state index in [2.05, 4.69) is 0 Å². The minimum atomic E-state index is -1.58. The van der Waals surface area contributed by atoms with Crippen LogP contribution in [0.4, 0.5) is 0 Å². The summed E-state index contributed by atoms with van der Waals surface area (Å²) in [5.41, 5.74) is 1.59. The number of aromatic hydroxyl groups is 2. The Kier molecular flexibility index (Phi) is 10.4. The smallest absolute Gasteiger partial charge is 0.186 e. The van der Waals surface area contributed by atoms with Crippen LogP contribution in [0.3, 0.4) is 0 Å². The van der Waals surface area contributed by atoms with Crippen LogP contribution in [0, 0.1) is 11.8 Å². The van der Waals surface area contributed by atoms with Crippen LogP contribution in [0.2, 0.25) is 0 Å². The minimum Gasteiger partial charge on any atom is -0.504 e. The van der Waals surface area contributed by atoms with Gasteiger partial charge in [-0.2, -0.15) is 0 Å². The maximum absolute atomic E-state index is 10.4. The van der Waals surface area contributed by atoms with E-state index in [9.17, 15) is 35.7 Å². The molecule has 0 saturated carbocycles. The molecular formula is C26H36O11. The van der Waals surface area contributed by atoms with Gasteiger partial charge in [0.25, 0.3) is 0 Å². The van der Waals surface area contributed by atoms with Gasteiger partial charge in [0.15, 0.2) is 29.3 Å². The average Bonchev–Trinajstić information content (AvgIpc) is 2.91. The molecular weight excluding hydrogens is 488 g/mol. The first-order valence-corrected chi connectivity index (χ1v) is 12.0. The average molecular weight is 525 g/mol. The number of phenolic OH excluding ortho intramolecular Hbond substituents is 2. The molecule has 0 aliphatic carbocycles. The van der Waals surface area contributed by atoms with Gasteiger partial charge in [0.2, 0.25) is 0 Å². The highest BCUT2D eigenvalue weighted by Crippen LogP contribution is 2.32. The highest BCUT2D eigenvalue weighted by Gasteiger charge is 2.44. The number of methoxy groups -OCH3 is 2. The lowest BCUT2D eigenvalue weighted by molar-refractivity contribution is -0.304. The summed E-state index contributed by atoms with van der Waals surface area (Å²) < 4.78 is 21.7. The van der Waals surface area contributed by atoms with Crippen LogP contribution in [-0.4, -0.2) is 100 Å². The SMILES string of the molecule is COc1cc(CC(CO)C(COC2OC(CO)C(O)C(O)C2O)Cc2ccc(O)c(OC)c2)ccc1O. The molecule has 0 amide bonds. The van der Waals surface area contributed by atoms with Gasteiger partial charge in [-0.1, -0.05) is 12.1 Å². The monoisotopic (exact) mass is 524 g/mol. The molecule has 7 atom stereocenters. The van der Waals surface area contributed by atoms with Crippen molar-refractivity contribution in [2.45, 2.75) is 43.5 Å². The summed E-state index contributed by atoms with van der Waals surface area (Å²) in [5.74, 6) is -0.160. The zero-order valence-corrected chi connectivity index (χ0v) is 20.8. The van der Waals surface area contributed by atoms with Gasteiger partial charge >= 0.3 is 0 Å². The van der Waals surface area contributed by atoms with Crippen molar-refractivity contribution < 1.29 is 54.7 Å². The predicted octanol–water partition coefficient (Wildman–Crippen LogP) is -0.0586. The second-order valence-electron chi connectivity index (χ2n) is 9.15. The van der Waals surface area contributed by atoms with E-state index in [1.54, 1.807) is 24.3 Å². The Bertz CT molecular complexity index is 998. The molecule has 0 bridgehead atoms. The van der Waals surface area contributed by atoms with Gasteiger partial charge in [0.05, 0.1) is 27.4 Å². The number of hydrogen-bond donors (Lipinski definition) is 7. The van der Waals surface area contributed by atoms with Crippen LogP contribution in [0.5, 0.6) is 23.0 Å². The van der Waals surface area contributed by atoms with E-state index < -0.39 is 37.3 Å². The Hall–Kier alpha value is -2.64.